The number of hydrogen-bond acceptors (Lipinski definition) is 0. The van der Waals surface area contributed by atoms with Gasteiger partial charge in [-0.05, 0) is 25.0 Å². The van der Waals surface area contributed by atoms with E-state index in [1.165, 1.54) is 11.1 Å². The second-order valence-corrected chi connectivity index (χ2v) is 3.13. The number of rotatable bonds is 3. The predicted molar refractivity (Wildman–Crippen MR) is 64.2 cm³/mol. The van der Waals surface area contributed by atoms with E-state index in [0.29, 0.717) is 0 Å². The molecule has 0 heteroatoms. The Morgan fingerprint density at radius 2 is 1.64 bits per heavy atom. The molecule has 0 heterocycles. The van der Waals surface area contributed by atoms with Crippen molar-refractivity contribution in [1.82, 2.24) is 0 Å². The minimum atomic E-state index is 1.28. The zero-order chi connectivity index (χ0) is 10.2. The summed E-state index contributed by atoms with van der Waals surface area (Å²) in [5.74, 6) is 0. The fourth-order valence-corrected chi connectivity index (χ4v) is 1.17. The van der Waals surface area contributed by atoms with E-state index in [9.17, 15) is 0 Å². The van der Waals surface area contributed by atoms with Crippen LogP contribution < -0.4 is 0 Å². The number of allylic oxidation sites excluding steroid dienone is 5. The molecule has 0 radical (unpaired) electrons. The Kier molecular flexibility index (Phi) is 4.49. The van der Waals surface area contributed by atoms with Crippen LogP contribution >= 0.6 is 0 Å². The second kappa shape index (κ2) is 5.98. The third-order valence-electron chi connectivity index (χ3n) is 1.99. The molecule has 0 atom stereocenters. The van der Waals surface area contributed by atoms with Crippen LogP contribution in [0.5, 0.6) is 0 Å². The average Bonchev–Trinajstić information content (AvgIpc) is 2.20. The van der Waals surface area contributed by atoms with E-state index in [4.69, 9.17) is 0 Å². The summed E-state index contributed by atoms with van der Waals surface area (Å²) >= 11 is 0. The van der Waals surface area contributed by atoms with Crippen LogP contribution in [0.1, 0.15) is 18.1 Å². The molecule has 0 aliphatic heterocycles. The fourth-order valence-electron chi connectivity index (χ4n) is 1.17. The first-order valence-electron chi connectivity index (χ1n) is 4.86. The first-order chi connectivity index (χ1) is 6.84. The third kappa shape index (κ3) is 3.44. The highest BCUT2D eigenvalue weighted by Crippen LogP contribution is 2.08. The molecule has 0 amide bonds. The molecule has 0 unspecified atom stereocenters. The van der Waals surface area contributed by atoms with Crippen molar-refractivity contribution in [2.45, 2.75) is 13.8 Å². The van der Waals surface area contributed by atoms with Crippen molar-refractivity contribution in [3.63, 3.8) is 0 Å². The van der Waals surface area contributed by atoms with E-state index in [1.807, 2.05) is 31.2 Å². The lowest BCUT2D eigenvalue weighted by Crippen LogP contribution is -1.76. The van der Waals surface area contributed by atoms with Gasteiger partial charge in [-0.1, -0.05) is 60.7 Å². The molecule has 1 aromatic carbocycles. The highest BCUT2D eigenvalue weighted by Gasteiger charge is 1.88. The van der Waals surface area contributed by atoms with Gasteiger partial charge in [-0.3, -0.25) is 0 Å². The van der Waals surface area contributed by atoms with Crippen LogP contribution in [-0.2, 0) is 0 Å². The van der Waals surface area contributed by atoms with Crippen LogP contribution in [0.25, 0.3) is 6.08 Å². The van der Waals surface area contributed by atoms with Gasteiger partial charge in [-0.25, -0.2) is 0 Å². The molecule has 0 bridgehead atoms. The summed E-state index contributed by atoms with van der Waals surface area (Å²) in [4.78, 5) is 0. The van der Waals surface area contributed by atoms with Gasteiger partial charge in [0.2, 0.25) is 0 Å². The van der Waals surface area contributed by atoms with Crippen LogP contribution in [0, 0.1) is 6.92 Å². The van der Waals surface area contributed by atoms with Gasteiger partial charge in [0.15, 0.2) is 0 Å². The Morgan fingerprint density at radius 3 is 2.36 bits per heavy atom. The Hall–Kier alpha value is -1.56. The molecule has 0 N–H and O–H groups in total. The van der Waals surface area contributed by atoms with Gasteiger partial charge < -0.3 is 0 Å². The van der Waals surface area contributed by atoms with E-state index in [2.05, 4.69) is 43.3 Å². The smallest absolute Gasteiger partial charge is 0.0227 e. The summed E-state index contributed by atoms with van der Waals surface area (Å²) in [5, 5.41) is 0. The standard InChI is InChI=1S/C14H16/c1-3-4-5-6-7-11-14-12-9-8-10-13(14)2/h3-12H,1-2H3/b4-3-,6-5-,11-7+. The second-order valence-electron chi connectivity index (χ2n) is 3.13. The lowest BCUT2D eigenvalue weighted by Gasteiger charge is -1.96. The van der Waals surface area contributed by atoms with Gasteiger partial charge in [0, 0.05) is 0 Å². The highest BCUT2D eigenvalue weighted by molar-refractivity contribution is 5.54. The van der Waals surface area contributed by atoms with Gasteiger partial charge >= 0.3 is 0 Å². The summed E-state index contributed by atoms with van der Waals surface area (Å²) in [6, 6.07) is 8.36. The molecule has 0 aromatic heterocycles. The van der Waals surface area contributed by atoms with Crippen molar-refractivity contribution >= 4 is 6.08 Å². The largest absolute Gasteiger partial charge is 0.0877 e. The van der Waals surface area contributed by atoms with Gasteiger partial charge in [0.25, 0.3) is 0 Å². The molecule has 72 valence electrons. The number of hydrogen-bond donors (Lipinski definition) is 0. The fraction of sp³-hybridized carbons (Fsp3) is 0.143. The number of benzene rings is 1. The van der Waals surface area contributed by atoms with Crippen molar-refractivity contribution in [1.29, 1.82) is 0 Å². The SMILES string of the molecule is C\C=C/C=C\C=C\c1ccccc1C. The topological polar surface area (TPSA) is 0 Å². The molecule has 1 aromatic rings. The van der Waals surface area contributed by atoms with E-state index >= 15 is 0 Å². The zero-order valence-corrected chi connectivity index (χ0v) is 8.77. The predicted octanol–water partition coefficient (Wildman–Crippen LogP) is 4.14. The summed E-state index contributed by atoms with van der Waals surface area (Å²) < 4.78 is 0. The van der Waals surface area contributed by atoms with Crippen molar-refractivity contribution in [3.8, 4) is 0 Å². The van der Waals surface area contributed by atoms with E-state index in [1.54, 1.807) is 0 Å². The molecular weight excluding hydrogens is 168 g/mol. The van der Waals surface area contributed by atoms with E-state index in [0.717, 1.165) is 0 Å². The molecule has 0 saturated carbocycles. The molecule has 1 rings (SSSR count). The first-order valence-corrected chi connectivity index (χ1v) is 4.86. The van der Waals surface area contributed by atoms with Crippen LogP contribution in [0.4, 0.5) is 0 Å². The Balaban J connectivity index is 2.65. The molecule has 0 fully saturated rings. The molecule has 0 aliphatic rings. The number of aryl methyl sites for hydroxylation is 1. The summed E-state index contributed by atoms with van der Waals surface area (Å²) in [6.07, 6.45) is 12.3. The Morgan fingerprint density at radius 1 is 0.929 bits per heavy atom. The minimum Gasteiger partial charge on any atom is -0.0877 e. The third-order valence-corrected chi connectivity index (χ3v) is 1.99. The lowest BCUT2D eigenvalue weighted by atomic mass is 10.1. The summed E-state index contributed by atoms with van der Waals surface area (Å²) in [5.41, 5.74) is 2.58. The quantitative estimate of drug-likeness (QED) is 0.619. The van der Waals surface area contributed by atoms with Crippen molar-refractivity contribution < 1.29 is 0 Å². The lowest BCUT2D eigenvalue weighted by molar-refractivity contribution is 1.44. The molecule has 14 heavy (non-hydrogen) atoms. The normalized spacial score (nSPS) is 12.1. The van der Waals surface area contributed by atoms with Gasteiger partial charge in [-0.2, -0.15) is 0 Å². The molecular formula is C14H16. The average molecular weight is 184 g/mol. The Bertz CT molecular complexity index is 354. The van der Waals surface area contributed by atoms with Crippen molar-refractivity contribution in [2.75, 3.05) is 0 Å². The maximum Gasteiger partial charge on any atom is -0.0227 e. The molecule has 0 saturated heterocycles. The zero-order valence-electron chi connectivity index (χ0n) is 8.77. The molecule has 0 nitrogen and oxygen atoms in total. The van der Waals surface area contributed by atoms with E-state index in [-0.39, 0.29) is 0 Å². The molecule has 0 aliphatic carbocycles. The van der Waals surface area contributed by atoms with Gasteiger partial charge in [0.1, 0.15) is 0 Å². The van der Waals surface area contributed by atoms with Gasteiger partial charge in [-0.15, -0.1) is 0 Å². The highest BCUT2D eigenvalue weighted by atomic mass is 13.9. The van der Waals surface area contributed by atoms with Crippen LogP contribution in [0.3, 0.4) is 0 Å². The molecule has 0 spiro atoms. The van der Waals surface area contributed by atoms with Crippen molar-refractivity contribution in [2.24, 2.45) is 0 Å². The Labute approximate surface area is 86.3 Å². The van der Waals surface area contributed by atoms with E-state index < -0.39 is 0 Å². The summed E-state index contributed by atoms with van der Waals surface area (Å²) in [7, 11) is 0. The first kappa shape index (κ1) is 10.5. The van der Waals surface area contributed by atoms with Crippen LogP contribution in [-0.4, -0.2) is 0 Å². The van der Waals surface area contributed by atoms with Crippen molar-refractivity contribution in [3.05, 3.63) is 65.8 Å². The van der Waals surface area contributed by atoms with Crippen LogP contribution in [0.15, 0.2) is 54.6 Å². The monoisotopic (exact) mass is 184 g/mol. The maximum atomic E-state index is 2.12. The van der Waals surface area contributed by atoms with Crippen LogP contribution in [0.2, 0.25) is 0 Å². The minimum absolute atomic E-state index is 1.28. The summed E-state index contributed by atoms with van der Waals surface area (Å²) in [6.45, 7) is 4.13. The maximum absolute atomic E-state index is 2.12. The van der Waals surface area contributed by atoms with Gasteiger partial charge in [0.05, 0.1) is 0 Å².